The smallest absolute Gasteiger partial charge is 0.374 e. The van der Waals surface area contributed by atoms with Gasteiger partial charge in [0.1, 0.15) is 0 Å². The molecule has 0 aliphatic carbocycles. The molecule has 444 valence electrons. The second kappa shape index (κ2) is 21.0. The maximum atomic E-state index is 14.4. The maximum Gasteiger partial charge on any atom is 0.482 e. The van der Waals surface area contributed by atoms with Crippen LogP contribution in [0.25, 0.3) is 0 Å². The first-order valence-electron chi connectivity index (χ1n) is 18.7. The Hall–Kier alpha value is -1.83. The molecule has 0 saturated carbocycles. The number of hydrogen-bond acceptors (Lipinski definition) is 8. The summed E-state index contributed by atoms with van der Waals surface area (Å²) in [7, 11) is -24.5. The van der Waals surface area contributed by atoms with Crippen LogP contribution in [0.15, 0.2) is 0 Å². The molecule has 2 unspecified atom stereocenters. The van der Waals surface area contributed by atoms with Crippen LogP contribution < -0.4 is 0 Å². The van der Waals surface area contributed by atoms with Crippen molar-refractivity contribution in [2.24, 2.45) is 0 Å². The van der Waals surface area contributed by atoms with Gasteiger partial charge in [-0.1, -0.05) is 0 Å². The minimum atomic E-state index is -7.65. The van der Waals surface area contributed by atoms with E-state index in [0.717, 1.165) is 0 Å². The van der Waals surface area contributed by atoms with Gasteiger partial charge in [0.15, 0.2) is 0 Å². The van der Waals surface area contributed by atoms with E-state index in [2.05, 4.69) is 13.3 Å². The fraction of sp³-hybridized carbons (Fsp3) is 1.00. The highest BCUT2D eigenvalue weighted by Gasteiger charge is 2.84. The van der Waals surface area contributed by atoms with Gasteiger partial charge in [-0.25, -0.2) is 8.78 Å². The van der Waals surface area contributed by atoms with E-state index in [9.17, 15) is 149 Å². The third kappa shape index (κ3) is 14.9. The summed E-state index contributed by atoms with van der Waals surface area (Å²) in [6.45, 7) is -9.45. The van der Waals surface area contributed by atoms with Gasteiger partial charge in [0.25, 0.3) is 5.92 Å². The summed E-state index contributed by atoms with van der Waals surface area (Å²) in [5.74, 6) is -76.9. The average Bonchev–Trinajstić information content (AvgIpc) is 3.10. The first kappa shape index (κ1) is 70.2. The Morgan fingerprint density at radius 3 is 0.622 bits per heavy atom. The predicted molar refractivity (Wildman–Crippen MR) is 176 cm³/mol. The normalized spacial score (nSPS) is 25.1. The number of alkyl halides is 34. The van der Waals surface area contributed by atoms with Crippen LogP contribution in [0.1, 0.15) is 32.1 Å². The van der Waals surface area contributed by atoms with E-state index in [4.69, 9.17) is 20.9 Å². The van der Waals surface area contributed by atoms with E-state index >= 15 is 0 Å². The van der Waals surface area contributed by atoms with Gasteiger partial charge in [-0.3, -0.25) is 0 Å². The summed E-state index contributed by atoms with van der Waals surface area (Å²) in [6, 6.07) is 0. The van der Waals surface area contributed by atoms with E-state index in [0.29, 0.717) is 0 Å². The molecule has 46 heteroatoms. The lowest BCUT2D eigenvalue weighted by molar-refractivity contribution is -0.397. The maximum absolute atomic E-state index is 14.4. The molecule has 1 aliphatic rings. The summed E-state index contributed by atoms with van der Waals surface area (Å²) < 4.78 is 498. The lowest BCUT2D eigenvalue weighted by Gasteiger charge is -2.47. The van der Waals surface area contributed by atoms with E-state index < -0.39 is 184 Å². The Bertz CT molecular complexity index is 1800. The lowest BCUT2D eigenvalue weighted by Crippen LogP contribution is -2.71. The molecular formula is C28H30F34O8Si4. The number of halogens is 34. The quantitative estimate of drug-likeness (QED) is 0.0699. The van der Waals surface area contributed by atoms with E-state index in [-0.39, 0.29) is 26.2 Å². The molecule has 1 fully saturated rings. The number of rotatable bonds is 24. The van der Waals surface area contributed by atoms with Crippen molar-refractivity contribution < 1.29 is 183 Å². The van der Waals surface area contributed by atoms with Gasteiger partial charge in [0, 0.05) is 78.3 Å². The molecule has 8 nitrogen and oxygen atoms in total. The fourth-order valence-electron chi connectivity index (χ4n) is 5.35. The van der Waals surface area contributed by atoms with Crippen LogP contribution in [-0.4, -0.2) is 151 Å². The highest BCUT2D eigenvalue weighted by molar-refractivity contribution is 6.88. The van der Waals surface area contributed by atoms with E-state index in [1.807, 2.05) is 0 Å². The topological polar surface area (TPSA) is 73.8 Å². The highest BCUT2D eigenvalue weighted by atomic mass is 28.6. The van der Waals surface area contributed by atoms with Crippen molar-refractivity contribution in [3.8, 4) is 0 Å². The monoisotopic (exact) mass is 1250 g/mol. The molecule has 0 bridgehead atoms. The molecule has 0 radical (unpaired) electrons. The first-order chi connectivity index (χ1) is 31.9. The van der Waals surface area contributed by atoms with Crippen LogP contribution in [0.2, 0.25) is 26.2 Å². The van der Waals surface area contributed by atoms with E-state index in [1.165, 1.54) is 0 Å². The Labute approximate surface area is 393 Å². The first-order valence-corrected chi connectivity index (χ1v) is 27.5. The molecule has 0 aromatic carbocycles. The summed E-state index contributed by atoms with van der Waals surface area (Å²) in [4.78, 5) is 0. The standard InChI is InChI=1S/C28H30F34O8Si4/c1-71(63-9-5-14(29,30)13-18(37,38)25(51,52)53)67-72(2,64-10-6-15(31,32)19(39,40)22(45,46)26(54,55)56)69-74(4,66-12-8-17(35,36)21(43,44)24(49,50)28(60,61)62)70-73(3,68-71)65-11-7-16(33,34)20(41,42)23(47,48)27(57,58)59/h5-13H2,1-4H3. The van der Waals surface area contributed by atoms with Gasteiger partial charge in [0.2, 0.25) is 0 Å². The van der Waals surface area contributed by atoms with Crippen LogP contribution in [0.5, 0.6) is 0 Å². The van der Waals surface area contributed by atoms with Crippen LogP contribution >= 0.6 is 0 Å². The molecule has 0 N–H and O–H groups in total. The van der Waals surface area contributed by atoms with Crippen molar-refractivity contribution in [1.82, 2.24) is 0 Å². The van der Waals surface area contributed by atoms with Crippen LogP contribution in [0, 0.1) is 0 Å². The highest BCUT2D eigenvalue weighted by Crippen LogP contribution is 2.57. The molecule has 0 amide bonds. The minimum Gasteiger partial charge on any atom is -0.374 e. The largest absolute Gasteiger partial charge is 0.482 e. The zero-order chi connectivity index (χ0) is 59.5. The van der Waals surface area contributed by atoms with Crippen molar-refractivity contribution in [2.45, 2.75) is 148 Å². The summed E-state index contributed by atoms with van der Waals surface area (Å²) in [5.41, 5.74) is 0. The fourth-order valence-corrected chi connectivity index (χ4v) is 22.1. The van der Waals surface area contributed by atoms with Crippen molar-refractivity contribution in [3.63, 3.8) is 0 Å². The van der Waals surface area contributed by atoms with Gasteiger partial charge in [0.05, 0.1) is 6.42 Å². The summed E-state index contributed by atoms with van der Waals surface area (Å²) in [6.07, 6.45) is -44.5. The van der Waals surface area contributed by atoms with Gasteiger partial charge in [-0.15, -0.1) is 0 Å². The SMILES string of the molecule is C[Si]1(OCCC(F)(F)CC(F)(F)C(F)(F)F)O[Si](C)(OCCC(F)(F)C(F)(F)C(F)(F)C(F)(F)F)O[Si](C)(OCCC(F)(F)C(F)(F)C(F)(F)C(F)(F)F)O[Si](C)(OCCC(F)(F)C(F)(F)C(F)(F)C(F)(F)F)O1. The Morgan fingerprint density at radius 1 is 0.257 bits per heavy atom. The number of hydrogen-bond donors (Lipinski definition) is 0. The van der Waals surface area contributed by atoms with Crippen molar-refractivity contribution in [2.75, 3.05) is 26.4 Å². The Balaban J connectivity index is 4.06. The Kier molecular flexibility index (Phi) is 19.9. The second-order valence-electron chi connectivity index (χ2n) is 15.5. The molecule has 1 heterocycles. The molecule has 1 saturated heterocycles. The van der Waals surface area contributed by atoms with Gasteiger partial charge in [-0.2, -0.15) is 140 Å². The molecule has 74 heavy (non-hydrogen) atoms. The molecule has 1 aliphatic heterocycles. The van der Waals surface area contributed by atoms with Gasteiger partial charge < -0.3 is 34.2 Å². The van der Waals surface area contributed by atoms with E-state index in [1.54, 1.807) is 0 Å². The van der Waals surface area contributed by atoms with Crippen LogP contribution in [-0.2, 0) is 34.2 Å². The van der Waals surface area contributed by atoms with Crippen molar-refractivity contribution in [3.05, 3.63) is 0 Å². The van der Waals surface area contributed by atoms with Crippen molar-refractivity contribution in [1.29, 1.82) is 0 Å². The summed E-state index contributed by atoms with van der Waals surface area (Å²) in [5, 5.41) is 0. The Morgan fingerprint density at radius 2 is 0.446 bits per heavy atom. The molecule has 1 rings (SSSR count). The van der Waals surface area contributed by atoms with Crippen molar-refractivity contribution >= 4 is 35.2 Å². The molecule has 0 aromatic heterocycles. The predicted octanol–water partition coefficient (Wildman–Crippen LogP) is 13.6. The van der Waals surface area contributed by atoms with Gasteiger partial charge in [-0.05, 0) is 0 Å². The third-order valence-corrected chi connectivity index (χ3v) is 24.0. The van der Waals surface area contributed by atoms with Crippen LogP contribution in [0.4, 0.5) is 149 Å². The molecule has 0 spiro atoms. The van der Waals surface area contributed by atoms with Gasteiger partial charge >= 0.3 is 119 Å². The zero-order valence-electron chi connectivity index (χ0n) is 36.0. The average molecular weight is 1250 g/mol. The second-order valence-corrected chi connectivity index (χ2v) is 26.9. The zero-order valence-corrected chi connectivity index (χ0v) is 40.0. The molecule has 0 aromatic rings. The molecular weight excluding hydrogens is 1220 g/mol. The third-order valence-electron chi connectivity index (χ3n) is 9.18. The summed E-state index contributed by atoms with van der Waals surface area (Å²) >= 11 is 0. The lowest BCUT2D eigenvalue weighted by atomic mass is 10.0. The molecule has 2 atom stereocenters. The van der Waals surface area contributed by atoms with Crippen LogP contribution in [0.3, 0.4) is 0 Å². The minimum absolute atomic E-state index is 0.00920.